The Morgan fingerprint density at radius 3 is 1.65 bits per heavy atom. The highest BCUT2D eigenvalue weighted by molar-refractivity contribution is 7.79. The minimum atomic E-state index is -4.92. The molecule has 0 spiro atoms. The lowest BCUT2D eigenvalue weighted by molar-refractivity contribution is -0.697. The van der Waals surface area contributed by atoms with Crippen LogP contribution in [0.1, 0.15) is 71.1 Å². The predicted octanol–water partition coefficient (Wildman–Crippen LogP) is 3.90. The number of aryl methyl sites for hydroxylation is 1. The Labute approximate surface area is 141 Å². The number of aromatic nitrogens is 1. The van der Waals surface area contributed by atoms with E-state index in [0.717, 1.165) is 0 Å². The number of hydrogen-bond donors (Lipinski definition) is 1. The lowest BCUT2D eigenvalue weighted by atomic mass is 10.1. The molecule has 1 heterocycles. The van der Waals surface area contributed by atoms with Crippen molar-refractivity contribution in [3.63, 3.8) is 0 Å². The number of nitrogens with zero attached hydrogens (tertiary/aromatic N) is 1. The van der Waals surface area contributed by atoms with Gasteiger partial charge in [-0.3, -0.25) is 4.55 Å². The summed E-state index contributed by atoms with van der Waals surface area (Å²) in [5.74, 6) is 0. The quantitative estimate of drug-likeness (QED) is 0.285. The summed E-state index contributed by atoms with van der Waals surface area (Å²) in [5.41, 5.74) is 0. The van der Waals surface area contributed by atoms with Gasteiger partial charge in [-0.1, -0.05) is 64.4 Å². The molecule has 0 bridgehead atoms. The van der Waals surface area contributed by atoms with Gasteiger partial charge >= 0.3 is 0 Å². The van der Waals surface area contributed by atoms with Crippen LogP contribution in [0.4, 0.5) is 0 Å². The van der Waals surface area contributed by atoms with E-state index in [1.165, 1.54) is 70.8 Å². The molecule has 0 saturated carbocycles. The Morgan fingerprint density at radius 2 is 1.22 bits per heavy atom. The van der Waals surface area contributed by atoms with Crippen LogP contribution in [-0.2, 0) is 16.9 Å². The monoisotopic (exact) mass is 345 g/mol. The van der Waals surface area contributed by atoms with Crippen LogP contribution in [0.3, 0.4) is 0 Å². The highest BCUT2D eigenvalue weighted by Gasteiger charge is 1.97. The standard InChI is InChI=1S/C17H30N.H2O4S/c1-2-3-4-5-6-7-8-9-10-12-15-18-16-13-11-14-17-18;1-5(2,3)4/h11,13-14,16-17H,2-10,12,15H2,1H3;(H2,1,2,3,4)/q+1;/p-1. The molecule has 0 aliphatic heterocycles. The average Bonchev–Trinajstić information content (AvgIpc) is 2.48. The summed E-state index contributed by atoms with van der Waals surface area (Å²) in [5, 5.41) is 0. The molecule has 0 aliphatic carbocycles. The second kappa shape index (κ2) is 14.6. The van der Waals surface area contributed by atoms with Crippen LogP contribution >= 0.6 is 0 Å². The van der Waals surface area contributed by atoms with Crippen LogP contribution in [-0.4, -0.2) is 17.5 Å². The molecule has 0 atom stereocenters. The van der Waals surface area contributed by atoms with Gasteiger partial charge in [-0.15, -0.1) is 0 Å². The molecule has 5 nitrogen and oxygen atoms in total. The molecule has 1 aromatic rings. The Morgan fingerprint density at radius 1 is 0.826 bits per heavy atom. The van der Waals surface area contributed by atoms with Crippen LogP contribution in [0, 0.1) is 0 Å². The molecular formula is C17H31NO4S. The van der Waals surface area contributed by atoms with Crippen LogP contribution in [0.2, 0.25) is 0 Å². The molecule has 0 radical (unpaired) electrons. The smallest absolute Gasteiger partial charge is 0.215 e. The summed E-state index contributed by atoms with van der Waals surface area (Å²) in [7, 11) is -4.92. The molecule has 1 aromatic heterocycles. The van der Waals surface area contributed by atoms with E-state index in [1.54, 1.807) is 0 Å². The van der Waals surface area contributed by atoms with E-state index in [4.69, 9.17) is 17.5 Å². The fourth-order valence-corrected chi connectivity index (χ4v) is 2.37. The van der Waals surface area contributed by atoms with E-state index < -0.39 is 10.4 Å². The van der Waals surface area contributed by atoms with Crippen molar-refractivity contribution in [2.24, 2.45) is 0 Å². The number of hydrogen-bond acceptors (Lipinski definition) is 3. The highest BCUT2D eigenvalue weighted by Crippen LogP contribution is 2.10. The number of unbranched alkanes of at least 4 members (excludes halogenated alkanes) is 9. The highest BCUT2D eigenvalue weighted by atomic mass is 32.3. The van der Waals surface area contributed by atoms with Crippen LogP contribution in [0.25, 0.3) is 0 Å². The fraction of sp³-hybridized carbons (Fsp3) is 0.706. The van der Waals surface area contributed by atoms with Crippen LogP contribution in [0.15, 0.2) is 30.6 Å². The maximum absolute atomic E-state index is 8.63. The Balaban J connectivity index is 0.000000841. The minimum Gasteiger partial charge on any atom is -0.726 e. The van der Waals surface area contributed by atoms with Gasteiger partial charge in [-0.2, -0.15) is 0 Å². The summed E-state index contributed by atoms with van der Waals surface area (Å²) in [4.78, 5) is 0. The van der Waals surface area contributed by atoms with Gasteiger partial charge in [-0.05, 0) is 6.42 Å². The third kappa shape index (κ3) is 21.0. The molecule has 0 aliphatic rings. The van der Waals surface area contributed by atoms with Crippen molar-refractivity contribution in [1.29, 1.82) is 0 Å². The van der Waals surface area contributed by atoms with Crippen molar-refractivity contribution in [2.75, 3.05) is 0 Å². The maximum atomic E-state index is 8.63. The second-order valence-electron chi connectivity index (χ2n) is 5.72. The first kappa shape index (κ1) is 22.0. The summed E-state index contributed by atoms with van der Waals surface area (Å²) in [6.45, 7) is 3.46. The van der Waals surface area contributed by atoms with Gasteiger partial charge in [-0.25, -0.2) is 13.0 Å². The molecular weight excluding hydrogens is 314 g/mol. The largest absolute Gasteiger partial charge is 0.726 e. The van der Waals surface area contributed by atoms with E-state index in [9.17, 15) is 0 Å². The molecule has 0 unspecified atom stereocenters. The minimum absolute atomic E-state index is 1.18. The van der Waals surface area contributed by atoms with Gasteiger partial charge in [0, 0.05) is 18.6 Å². The maximum Gasteiger partial charge on any atom is 0.215 e. The SMILES string of the molecule is CCCCCCCCCCCC[n+]1ccccc1.O=S(=O)([O-])O. The van der Waals surface area contributed by atoms with Gasteiger partial charge in [0.1, 0.15) is 6.54 Å². The molecule has 23 heavy (non-hydrogen) atoms. The van der Waals surface area contributed by atoms with Gasteiger partial charge in [0.25, 0.3) is 0 Å². The Kier molecular flexibility index (Phi) is 14.0. The van der Waals surface area contributed by atoms with Crippen molar-refractivity contribution in [2.45, 2.75) is 77.7 Å². The lowest BCUT2D eigenvalue weighted by Gasteiger charge is -2.01. The van der Waals surface area contributed by atoms with E-state index >= 15 is 0 Å². The summed E-state index contributed by atoms with van der Waals surface area (Å²) in [6, 6.07) is 6.29. The first-order valence-corrected chi connectivity index (χ1v) is 9.92. The van der Waals surface area contributed by atoms with Crippen molar-refractivity contribution >= 4 is 10.4 Å². The second-order valence-corrected chi connectivity index (χ2v) is 6.58. The molecule has 134 valence electrons. The van der Waals surface area contributed by atoms with Gasteiger partial charge in [0.05, 0.1) is 0 Å². The molecule has 6 heteroatoms. The van der Waals surface area contributed by atoms with Crippen molar-refractivity contribution < 1.29 is 22.1 Å². The van der Waals surface area contributed by atoms with Gasteiger partial charge in [0.2, 0.25) is 10.4 Å². The van der Waals surface area contributed by atoms with Crippen molar-refractivity contribution in [1.82, 2.24) is 0 Å². The zero-order valence-electron chi connectivity index (χ0n) is 14.2. The molecule has 0 aromatic carbocycles. The van der Waals surface area contributed by atoms with Crippen LogP contribution < -0.4 is 4.57 Å². The first-order valence-electron chi connectivity index (χ1n) is 8.56. The third-order valence-electron chi connectivity index (χ3n) is 3.55. The van der Waals surface area contributed by atoms with E-state index in [0.29, 0.717) is 0 Å². The summed E-state index contributed by atoms with van der Waals surface area (Å²) in [6.07, 6.45) is 18.5. The van der Waals surface area contributed by atoms with Crippen molar-refractivity contribution in [3.8, 4) is 0 Å². The zero-order chi connectivity index (χ0) is 17.4. The molecule has 0 amide bonds. The lowest BCUT2D eigenvalue weighted by Crippen LogP contribution is -2.32. The fourth-order valence-electron chi connectivity index (χ4n) is 2.37. The zero-order valence-corrected chi connectivity index (χ0v) is 15.0. The topological polar surface area (TPSA) is 81.3 Å². The van der Waals surface area contributed by atoms with E-state index in [2.05, 4.69) is 42.1 Å². The predicted molar refractivity (Wildman–Crippen MR) is 90.8 cm³/mol. The molecule has 1 rings (SSSR count). The van der Waals surface area contributed by atoms with E-state index in [1.807, 2.05) is 0 Å². The summed E-state index contributed by atoms with van der Waals surface area (Å²) < 4.78 is 35.1. The number of pyridine rings is 1. The Bertz CT molecular complexity index is 455. The first-order chi connectivity index (χ1) is 10.9. The van der Waals surface area contributed by atoms with Crippen LogP contribution in [0.5, 0.6) is 0 Å². The Hall–Kier alpha value is -0.980. The average molecular weight is 346 g/mol. The summed E-state index contributed by atoms with van der Waals surface area (Å²) >= 11 is 0. The van der Waals surface area contributed by atoms with E-state index in [-0.39, 0.29) is 0 Å². The van der Waals surface area contributed by atoms with Crippen molar-refractivity contribution in [3.05, 3.63) is 30.6 Å². The number of rotatable bonds is 11. The molecule has 0 saturated heterocycles. The molecule has 0 fully saturated rings. The molecule has 1 N–H and O–H groups in total. The van der Waals surface area contributed by atoms with Gasteiger partial charge < -0.3 is 4.55 Å². The van der Waals surface area contributed by atoms with Gasteiger partial charge in [0.15, 0.2) is 12.4 Å². The third-order valence-corrected chi connectivity index (χ3v) is 3.55. The normalized spacial score (nSPS) is 10.9.